The van der Waals surface area contributed by atoms with E-state index in [9.17, 15) is 9.90 Å². The normalized spacial score (nSPS) is 17.4. The second-order valence-corrected chi connectivity index (χ2v) is 4.85. The molecular weight excluding hydrogens is 260 g/mol. The van der Waals surface area contributed by atoms with Crippen LogP contribution < -0.4 is 10.1 Å². The van der Waals surface area contributed by atoms with E-state index in [0.717, 1.165) is 11.8 Å². The van der Waals surface area contributed by atoms with E-state index < -0.39 is 0 Å². The molecule has 0 saturated carbocycles. The number of aromatic hydroxyl groups is 1. The van der Waals surface area contributed by atoms with Gasteiger partial charge in [-0.2, -0.15) is 0 Å². The van der Waals surface area contributed by atoms with Gasteiger partial charge in [-0.25, -0.2) is 4.98 Å². The maximum absolute atomic E-state index is 11.4. The van der Waals surface area contributed by atoms with E-state index in [-0.39, 0.29) is 11.7 Å². The number of aromatic nitrogens is 1. The first-order valence-corrected chi connectivity index (χ1v) is 5.80. The Morgan fingerprint density at radius 3 is 2.94 bits per heavy atom. The van der Waals surface area contributed by atoms with Gasteiger partial charge in [0.1, 0.15) is 21.5 Å². The molecule has 0 atom stereocenters. The summed E-state index contributed by atoms with van der Waals surface area (Å²) in [4.78, 5) is 15.8. The highest BCUT2D eigenvalue weighted by Crippen LogP contribution is 2.29. The van der Waals surface area contributed by atoms with E-state index in [2.05, 4.69) is 10.3 Å². The molecule has 1 aromatic rings. The minimum Gasteiger partial charge on any atom is -0.506 e. The molecule has 2 N–H and O–H groups in total. The number of ether oxygens (including phenoxy) is 1. The first-order valence-electron chi connectivity index (χ1n) is 4.58. The Balaban J connectivity index is 2.33. The lowest BCUT2D eigenvalue weighted by atomic mass is 10.3. The van der Waals surface area contributed by atoms with Crippen LogP contribution in [0.2, 0.25) is 0 Å². The standard InChI is InChI=1S/C10H8N2O3S2/c1-15-5-2-7(13)6(11-4-5)3-8-9(14)12-10(16)17-8/h2-4,13H,1H3,(H,12,14,16)/b8-3-. The van der Waals surface area contributed by atoms with Gasteiger partial charge in [0.2, 0.25) is 0 Å². The average molecular weight is 268 g/mol. The van der Waals surface area contributed by atoms with E-state index in [1.165, 1.54) is 25.4 Å². The molecule has 1 saturated heterocycles. The number of methoxy groups -OCH3 is 1. The Morgan fingerprint density at radius 1 is 1.65 bits per heavy atom. The fourth-order valence-electron chi connectivity index (χ4n) is 1.21. The summed E-state index contributed by atoms with van der Waals surface area (Å²) in [5.41, 5.74) is 0.299. The smallest absolute Gasteiger partial charge is 0.263 e. The van der Waals surface area contributed by atoms with Crippen molar-refractivity contribution in [3.63, 3.8) is 0 Å². The van der Waals surface area contributed by atoms with Crippen LogP contribution in [0.3, 0.4) is 0 Å². The first-order chi connectivity index (χ1) is 8.10. The van der Waals surface area contributed by atoms with Crippen molar-refractivity contribution in [3.8, 4) is 11.5 Å². The second kappa shape index (κ2) is 4.72. The molecule has 0 unspecified atom stereocenters. The zero-order chi connectivity index (χ0) is 12.4. The highest BCUT2D eigenvalue weighted by molar-refractivity contribution is 8.26. The number of carbonyl (C=O) groups is 1. The minimum atomic E-state index is -0.281. The van der Waals surface area contributed by atoms with Crippen LogP contribution in [0.15, 0.2) is 17.2 Å². The van der Waals surface area contributed by atoms with Crippen molar-refractivity contribution in [3.05, 3.63) is 22.9 Å². The molecule has 88 valence electrons. The molecular formula is C10H8N2O3S2. The molecule has 2 rings (SSSR count). The predicted molar refractivity (Wildman–Crippen MR) is 68.8 cm³/mol. The van der Waals surface area contributed by atoms with Crippen LogP contribution in [0.1, 0.15) is 5.69 Å². The molecule has 0 radical (unpaired) electrons. The summed E-state index contributed by atoms with van der Waals surface area (Å²) in [5.74, 6) is 0.115. The lowest BCUT2D eigenvalue weighted by Crippen LogP contribution is -2.17. The number of nitrogens with zero attached hydrogens (tertiary/aromatic N) is 1. The average Bonchev–Trinajstić information content (AvgIpc) is 2.60. The van der Waals surface area contributed by atoms with Crippen LogP contribution in [0.4, 0.5) is 0 Å². The summed E-state index contributed by atoms with van der Waals surface area (Å²) >= 11 is 5.99. The number of hydrogen-bond donors (Lipinski definition) is 2. The summed E-state index contributed by atoms with van der Waals surface area (Å²) < 4.78 is 5.31. The molecule has 0 bridgehead atoms. The van der Waals surface area contributed by atoms with Crippen molar-refractivity contribution in [2.24, 2.45) is 0 Å². The third-order valence-electron chi connectivity index (χ3n) is 2.02. The first kappa shape index (κ1) is 11.9. The molecule has 0 spiro atoms. The molecule has 5 nitrogen and oxygen atoms in total. The van der Waals surface area contributed by atoms with Gasteiger partial charge >= 0.3 is 0 Å². The number of carbonyl (C=O) groups excluding carboxylic acids is 1. The third-order valence-corrected chi connectivity index (χ3v) is 3.18. The molecule has 1 aromatic heterocycles. The number of amides is 1. The lowest BCUT2D eigenvalue weighted by molar-refractivity contribution is -0.115. The van der Waals surface area contributed by atoms with E-state index in [0.29, 0.717) is 20.7 Å². The van der Waals surface area contributed by atoms with E-state index in [1.807, 2.05) is 0 Å². The number of thiocarbonyl (C=S) groups is 1. The quantitative estimate of drug-likeness (QED) is 0.622. The summed E-state index contributed by atoms with van der Waals surface area (Å²) in [6.45, 7) is 0. The number of nitrogens with one attached hydrogen (secondary N) is 1. The van der Waals surface area contributed by atoms with Gasteiger partial charge in [0.25, 0.3) is 5.91 Å². The topological polar surface area (TPSA) is 71.5 Å². The Kier molecular flexibility index (Phi) is 3.30. The maximum atomic E-state index is 11.4. The van der Waals surface area contributed by atoms with E-state index >= 15 is 0 Å². The van der Waals surface area contributed by atoms with Crippen LogP contribution in [0.5, 0.6) is 11.5 Å². The molecule has 2 heterocycles. The molecule has 1 fully saturated rings. The SMILES string of the molecule is COc1cnc(/C=C2\SC(=S)NC2=O)c(O)c1. The minimum absolute atomic E-state index is 0.0527. The Bertz CT molecular complexity index is 528. The van der Waals surface area contributed by atoms with Gasteiger partial charge in [-0.15, -0.1) is 0 Å². The van der Waals surface area contributed by atoms with Crippen LogP contribution in [0, 0.1) is 0 Å². The fourth-order valence-corrected chi connectivity index (χ4v) is 2.23. The van der Waals surface area contributed by atoms with E-state index in [4.69, 9.17) is 17.0 Å². The summed E-state index contributed by atoms with van der Waals surface area (Å²) in [6.07, 6.45) is 2.94. The Hall–Kier alpha value is -1.60. The van der Waals surface area contributed by atoms with Crippen LogP contribution in [0.25, 0.3) is 6.08 Å². The largest absolute Gasteiger partial charge is 0.506 e. The fraction of sp³-hybridized carbons (Fsp3) is 0.100. The summed E-state index contributed by atoms with van der Waals surface area (Å²) in [6, 6.07) is 1.43. The molecule has 1 amide bonds. The number of hydrogen-bond acceptors (Lipinski definition) is 6. The third kappa shape index (κ3) is 2.56. The summed E-state index contributed by atoms with van der Waals surface area (Å²) in [5, 5.41) is 12.2. The highest BCUT2D eigenvalue weighted by atomic mass is 32.2. The van der Waals surface area contributed by atoms with Gasteiger partial charge in [0, 0.05) is 6.07 Å². The van der Waals surface area contributed by atoms with Gasteiger partial charge in [-0.05, 0) is 6.08 Å². The van der Waals surface area contributed by atoms with Crippen molar-refractivity contribution in [2.75, 3.05) is 7.11 Å². The second-order valence-electron chi connectivity index (χ2n) is 3.13. The zero-order valence-corrected chi connectivity index (χ0v) is 10.4. The monoisotopic (exact) mass is 268 g/mol. The van der Waals surface area contributed by atoms with Crippen molar-refractivity contribution < 1.29 is 14.6 Å². The zero-order valence-electron chi connectivity index (χ0n) is 8.76. The number of pyridine rings is 1. The van der Waals surface area contributed by atoms with Gasteiger partial charge in [-0.3, -0.25) is 4.79 Å². The van der Waals surface area contributed by atoms with Crippen LogP contribution in [-0.4, -0.2) is 27.4 Å². The van der Waals surface area contributed by atoms with Gasteiger partial charge in [0.05, 0.1) is 18.2 Å². The van der Waals surface area contributed by atoms with Crippen molar-refractivity contribution in [1.29, 1.82) is 0 Å². The van der Waals surface area contributed by atoms with Gasteiger partial charge in [0.15, 0.2) is 0 Å². The lowest BCUT2D eigenvalue weighted by Gasteiger charge is -2.02. The molecule has 0 aliphatic carbocycles. The Morgan fingerprint density at radius 2 is 2.41 bits per heavy atom. The molecule has 1 aliphatic heterocycles. The van der Waals surface area contributed by atoms with Crippen LogP contribution >= 0.6 is 24.0 Å². The van der Waals surface area contributed by atoms with E-state index in [1.54, 1.807) is 0 Å². The van der Waals surface area contributed by atoms with Crippen molar-refractivity contribution >= 4 is 40.3 Å². The molecule has 0 aromatic carbocycles. The van der Waals surface area contributed by atoms with Crippen molar-refractivity contribution in [1.82, 2.24) is 10.3 Å². The van der Waals surface area contributed by atoms with Gasteiger partial charge < -0.3 is 15.2 Å². The van der Waals surface area contributed by atoms with Crippen LogP contribution in [-0.2, 0) is 4.79 Å². The van der Waals surface area contributed by atoms with Crippen molar-refractivity contribution in [2.45, 2.75) is 0 Å². The molecule has 7 heteroatoms. The molecule has 17 heavy (non-hydrogen) atoms. The summed E-state index contributed by atoms with van der Waals surface area (Å²) in [7, 11) is 1.48. The highest BCUT2D eigenvalue weighted by Gasteiger charge is 2.22. The Labute approximate surface area is 107 Å². The maximum Gasteiger partial charge on any atom is 0.263 e. The number of rotatable bonds is 2. The van der Waals surface area contributed by atoms with Gasteiger partial charge in [-0.1, -0.05) is 24.0 Å². The number of thioether (sulfide) groups is 1. The predicted octanol–water partition coefficient (Wildman–Crippen LogP) is 1.28. The molecule has 1 aliphatic rings.